The summed E-state index contributed by atoms with van der Waals surface area (Å²) in [7, 11) is 1.28. The number of rotatable bonds is 2. The monoisotopic (exact) mass is 236 g/mol. The van der Waals surface area contributed by atoms with Crippen molar-refractivity contribution in [1.29, 1.82) is 0 Å². The van der Waals surface area contributed by atoms with E-state index in [1.807, 2.05) is 0 Å². The van der Waals surface area contributed by atoms with Crippen LogP contribution >= 0.6 is 10.7 Å². The minimum Gasteiger partial charge on any atom is -0.295 e. The van der Waals surface area contributed by atoms with Crippen molar-refractivity contribution in [2.45, 2.75) is 24.8 Å². The normalized spacial score (nSPS) is 12.0. The summed E-state index contributed by atoms with van der Waals surface area (Å²) in [4.78, 5) is 14.4. The molecule has 0 radical (unpaired) electrons. The zero-order valence-electron chi connectivity index (χ0n) is 7.64. The van der Waals surface area contributed by atoms with Gasteiger partial charge in [-0.3, -0.25) is 4.57 Å². The quantitative estimate of drug-likeness (QED) is 0.711. The lowest BCUT2D eigenvalue weighted by atomic mass is 10.4. The van der Waals surface area contributed by atoms with Gasteiger partial charge in [0.05, 0.1) is 6.20 Å². The van der Waals surface area contributed by atoms with E-state index in [0.717, 1.165) is 6.20 Å². The fourth-order valence-corrected chi connectivity index (χ4v) is 1.56. The van der Waals surface area contributed by atoms with Crippen molar-refractivity contribution in [2.24, 2.45) is 0 Å². The molecule has 7 heteroatoms. The van der Waals surface area contributed by atoms with Crippen LogP contribution in [0.25, 0.3) is 0 Å². The molecule has 0 N–H and O–H groups in total. The third kappa shape index (κ3) is 2.33. The van der Waals surface area contributed by atoms with Gasteiger partial charge in [0.15, 0.2) is 0 Å². The van der Waals surface area contributed by atoms with E-state index in [4.69, 9.17) is 10.7 Å². The summed E-state index contributed by atoms with van der Waals surface area (Å²) in [5, 5.41) is 0. The third-order valence-corrected chi connectivity index (χ3v) is 2.94. The van der Waals surface area contributed by atoms with Gasteiger partial charge in [-0.15, -0.1) is 0 Å². The van der Waals surface area contributed by atoms with Gasteiger partial charge < -0.3 is 0 Å². The highest BCUT2D eigenvalue weighted by Crippen LogP contribution is 2.12. The molecule has 0 saturated heterocycles. The van der Waals surface area contributed by atoms with E-state index in [2.05, 4.69) is 4.98 Å². The van der Waals surface area contributed by atoms with Gasteiger partial charge in [-0.25, -0.2) is 18.2 Å². The fraction of sp³-hybridized carbons (Fsp3) is 0.429. The van der Waals surface area contributed by atoms with Gasteiger partial charge in [0, 0.05) is 22.9 Å². The van der Waals surface area contributed by atoms with Crippen LogP contribution in [0.3, 0.4) is 0 Å². The highest BCUT2D eigenvalue weighted by Gasteiger charge is 2.13. The summed E-state index contributed by atoms with van der Waals surface area (Å²) in [6.07, 6.45) is 2.13. The molecule has 5 nitrogen and oxygen atoms in total. The van der Waals surface area contributed by atoms with E-state index < -0.39 is 14.7 Å². The Labute approximate surface area is 85.8 Å². The van der Waals surface area contributed by atoms with Crippen molar-refractivity contribution >= 4 is 19.7 Å². The summed E-state index contributed by atoms with van der Waals surface area (Å²) in [5.74, 6) is 0. The smallest absolute Gasteiger partial charge is 0.295 e. The van der Waals surface area contributed by atoms with Crippen molar-refractivity contribution < 1.29 is 8.42 Å². The van der Waals surface area contributed by atoms with E-state index in [9.17, 15) is 13.2 Å². The molecule has 0 saturated carbocycles. The van der Waals surface area contributed by atoms with Gasteiger partial charge in [0.2, 0.25) is 0 Å². The van der Waals surface area contributed by atoms with Crippen molar-refractivity contribution in [3.05, 3.63) is 22.9 Å². The lowest BCUT2D eigenvalue weighted by Crippen LogP contribution is -2.24. The Morgan fingerprint density at radius 2 is 2.07 bits per heavy atom. The molecule has 0 aliphatic rings. The minimum absolute atomic E-state index is 0.159. The molecular formula is C7H9ClN2O3S. The van der Waals surface area contributed by atoms with Gasteiger partial charge in [-0.05, 0) is 13.8 Å². The van der Waals surface area contributed by atoms with E-state index in [0.29, 0.717) is 0 Å². The second-order valence-electron chi connectivity index (χ2n) is 3.01. The molecule has 1 aromatic heterocycles. The Bertz CT molecular complexity index is 492. The van der Waals surface area contributed by atoms with Gasteiger partial charge in [-0.1, -0.05) is 0 Å². The summed E-state index contributed by atoms with van der Waals surface area (Å²) >= 11 is 0. The maximum absolute atomic E-state index is 11.2. The summed E-state index contributed by atoms with van der Waals surface area (Å²) < 4.78 is 23.1. The number of hydrogen-bond acceptors (Lipinski definition) is 4. The SMILES string of the molecule is CC(C)n1cc(S(=O)(=O)Cl)cnc1=O. The first kappa shape index (κ1) is 11.2. The molecule has 78 valence electrons. The summed E-state index contributed by atoms with van der Waals surface area (Å²) in [6, 6.07) is -0.159. The lowest BCUT2D eigenvalue weighted by molar-refractivity contribution is 0.551. The Kier molecular flexibility index (Phi) is 2.96. The molecule has 1 rings (SSSR count). The van der Waals surface area contributed by atoms with Crippen LogP contribution < -0.4 is 5.69 Å². The summed E-state index contributed by atoms with van der Waals surface area (Å²) in [6.45, 7) is 3.49. The highest BCUT2D eigenvalue weighted by molar-refractivity contribution is 8.13. The van der Waals surface area contributed by atoms with E-state index in [1.54, 1.807) is 13.8 Å². The first-order valence-electron chi connectivity index (χ1n) is 3.85. The van der Waals surface area contributed by atoms with Crippen LogP contribution in [0.4, 0.5) is 0 Å². The molecule has 0 aromatic carbocycles. The van der Waals surface area contributed by atoms with Crippen LogP contribution in [0.1, 0.15) is 19.9 Å². The molecule has 1 aromatic rings. The topological polar surface area (TPSA) is 69.0 Å². The van der Waals surface area contributed by atoms with E-state index >= 15 is 0 Å². The maximum Gasteiger partial charge on any atom is 0.347 e. The molecule has 0 aliphatic carbocycles. The number of nitrogens with zero attached hydrogens (tertiary/aromatic N) is 2. The molecule has 1 heterocycles. The predicted octanol–water partition coefficient (Wildman–Crippen LogP) is 0.752. The van der Waals surface area contributed by atoms with Crippen LogP contribution in [0.2, 0.25) is 0 Å². The number of hydrogen-bond donors (Lipinski definition) is 0. The first-order valence-corrected chi connectivity index (χ1v) is 6.16. The zero-order chi connectivity index (χ0) is 10.9. The lowest BCUT2D eigenvalue weighted by Gasteiger charge is -2.08. The molecule has 0 bridgehead atoms. The maximum atomic E-state index is 11.2. The standard InChI is InChI=1S/C7H9ClN2O3S/c1-5(2)10-4-6(14(8,12)13)3-9-7(10)11/h3-5H,1-2H3. The zero-order valence-corrected chi connectivity index (χ0v) is 9.21. The van der Waals surface area contributed by atoms with Crippen LogP contribution in [-0.4, -0.2) is 18.0 Å². The second kappa shape index (κ2) is 3.70. The van der Waals surface area contributed by atoms with E-state index in [-0.39, 0.29) is 10.9 Å². The fourth-order valence-electron chi connectivity index (χ4n) is 0.907. The van der Waals surface area contributed by atoms with Crippen LogP contribution in [0.5, 0.6) is 0 Å². The van der Waals surface area contributed by atoms with Gasteiger partial charge in [0.25, 0.3) is 9.05 Å². The Morgan fingerprint density at radius 1 is 1.50 bits per heavy atom. The van der Waals surface area contributed by atoms with Crippen LogP contribution in [0, 0.1) is 0 Å². The molecule has 14 heavy (non-hydrogen) atoms. The van der Waals surface area contributed by atoms with Crippen LogP contribution in [0.15, 0.2) is 22.1 Å². The van der Waals surface area contributed by atoms with Crippen molar-refractivity contribution in [1.82, 2.24) is 9.55 Å². The first-order chi connectivity index (χ1) is 6.32. The third-order valence-electron chi connectivity index (χ3n) is 1.63. The Hall–Kier alpha value is -0.880. The predicted molar refractivity (Wildman–Crippen MR) is 51.9 cm³/mol. The van der Waals surface area contributed by atoms with E-state index in [1.165, 1.54) is 10.8 Å². The van der Waals surface area contributed by atoms with Gasteiger partial charge >= 0.3 is 5.69 Å². The Morgan fingerprint density at radius 3 is 2.50 bits per heavy atom. The molecule has 0 amide bonds. The molecule has 0 atom stereocenters. The van der Waals surface area contributed by atoms with Gasteiger partial charge in [0.1, 0.15) is 4.90 Å². The number of aromatic nitrogens is 2. The average Bonchev–Trinajstić information content (AvgIpc) is 2.02. The highest BCUT2D eigenvalue weighted by atomic mass is 35.7. The van der Waals surface area contributed by atoms with Crippen molar-refractivity contribution in [3.63, 3.8) is 0 Å². The average molecular weight is 237 g/mol. The van der Waals surface area contributed by atoms with Crippen LogP contribution in [-0.2, 0) is 9.05 Å². The van der Waals surface area contributed by atoms with Crippen molar-refractivity contribution in [2.75, 3.05) is 0 Å². The van der Waals surface area contributed by atoms with Gasteiger partial charge in [-0.2, -0.15) is 0 Å². The minimum atomic E-state index is -3.83. The Balaban J connectivity index is 3.42. The molecule has 0 spiro atoms. The van der Waals surface area contributed by atoms with Crippen molar-refractivity contribution in [3.8, 4) is 0 Å². The molecule has 0 unspecified atom stereocenters. The summed E-state index contributed by atoms with van der Waals surface area (Å²) in [5.41, 5.74) is -0.496. The second-order valence-corrected chi connectivity index (χ2v) is 5.58. The molecule has 0 aliphatic heterocycles. The molecular weight excluding hydrogens is 228 g/mol. The number of halogens is 1. The largest absolute Gasteiger partial charge is 0.347 e. The molecule has 0 fully saturated rings.